The molecule has 0 atom stereocenters. The number of carbonyl (C=O) groups excluding carboxylic acids is 1. The molecule has 53 heavy (non-hydrogen) atoms. The predicted octanol–water partition coefficient (Wildman–Crippen LogP) is -3.42. The average molecular weight is 808 g/mol. The first-order valence-corrected chi connectivity index (χ1v) is 18.6. The zero-order valence-corrected chi connectivity index (χ0v) is 37.7. The number of terminal acetylenes is 1. The van der Waals surface area contributed by atoms with Crippen molar-refractivity contribution in [3.8, 4) is 23.8 Å². The monoisotopic (exact) mass is 807 g/mol. The summed E-state index contributed by atoms with van der Waals surface area (Å²) in [5, 5.41) is 16.9. The van der Waals surface area contributed by atoms with Crippen molar-refractivity contribution in [2.75, 3.05) is 23.4 Å². The number of hydrogen-bond donors (Lipinski definition) is 3. The maximum Gasteiger partial charge on any atom is 1.00 e. The second-order valence-corrected chi connectivity index (χ2v) is 16.4. The number of carbonyl (C=O) groups is 2. The van der Waals surface area contributed by atoms with Gasteiger partial charge in [0.1, 0.15) is 11.5 Å². The van der Waals surface area contributed by atoms with Gasteiger partial charge in [-0.1, -0.05) is 24.1 Å². The molecule has 0 saturated carbocycles. The Labute approximate surface area is 391 Å². The van der Waals surface area contributed by atoms with Crippen LogP contribution < -0.4 is 129 Å². The van der Waals surface area contributed by atoms with Crippen LogP contribution in [0.4, 0.5) is 5.69 Å². The van der Waals surface area contributed by atoms with Crippen molar-refractivity contribution in [1.29, 1.82) is 0 Å². The fourth-order valence-electron chi connectivity index (χ4n) is 6.66. The third kappa shape index (κ3) is 9.70. The number of anilines is 1. The summed E-state index contributed by atoms with van der Waals surface area (Å²) in [5.74, 6) is -0.895. The van der Waals surface area contributed by atoms with E-state index >= 15 is 0 Å². The topological polar surface area (TPSA) is 214 Å². The van der Waals surface area contributed by atoms with E-state index in [4.69, 9.17) is 16.2 Å². The van der Waals surface area contributed by atoms with Gasteiger partial charge >= 0.3 is 109 Å². The van der Waals surface area contributed by atoms with Crippen LogP contribution in [0.15, 0.2) is 59.6 Å². The molecule has 6 rings (SSSR count). The third-order valence-electron chi connectivity index (χ3n) is 8.39. The van der Waals surface area contributed by atoms with Gasteiger partial charge in [-0.25, -0.2) is 21.6 Å². The van der Waals surface area contributed by atoms with Gasteiger partial charge in [0.2, 0.25) is 0 Å². The van der Waals surface area contributed by atoms with Crippen LogP contribution >= 0.6 is 0 Å². The molecule has 1 amide bonds. The first kappa shape index (κ1) is 43.7. The van der Waals surface area contributed by atoms with Crippen LogP contribution in [-0.4, -0.2) is 72.1 Å². The van der Waals surface area contributed by atoms with Crippen LogP contribution in [0.2, 0.25) is 0 Å². The van der Waals surface area contributed by atoms with Crippen molar-refractivity contribution in [1.82, 2.24) is 5.32 Å². The molecule has 3 aliphatic rings. The number of carboxylic acids is 1. The fraction of sp³-hybridized carbons (Fsp3) is 0.250. The van der Waals surface area contributed by atoms with E-state index in [2.05, 4.69) is 16.6 Å². The average Bonchev–Trinajstić information content (AvgIpc) is 2.98. The van der Waals surface area contributed by atoms with Gasteiger partial charge in [0.15, 0.2) is 0 Å². The van der Waals surface area contributed by atoms with Crippen LogP contribution in [0.3, 0.4) is 0 Å². The number of nitrogens with zero attached hydrogens (tertiary/aromatic N) is 1. The fourth-order valence-corrected chi connectivity index (χ4v) is 7.90. The minimum Gasteiger partial charge on any atom is -0.748 e. The van der Waals surface area contributed by atoms with E-state index < -0.39 is 54.7 Å². The summed E-state index contributed by atoms with van der Waals surface area (Å²) in [7, 11) is -9.48. The summed E-state index contributed by atoms with van der Waals surface area (Å²) >= 11 is 0. The molecular formula is C36H31K2N3O10S2. The maximum absolute atomic E-state index is 12.8. The zero-order chi connectivity index (χ0) is 37.3. The van der Waals surface area contributed by atoms with E-state index in [-0.39, 0.29) is 154 Å². The Morgan fingerprint density at radius 3 is 2.13 bits per heavy atom. The predicted molar refractivity (Wildman–Crippen MR) is 187 cm³/mol. The van der Waals surface area contributed by atoms with E-state index in [1.54, 1.807) is 64.1 Å². The number of rotatable bonds is 8. The molecule has 17 heteroatoms. The van der Waals surface area contributed by atoms with Crippen molar-refractivity contribution in [3.05, 3.63) is 98.6 Å². The second kappa shape index (κ2) is 15.9. The maximum atomic E-state index is 12.8. The number of ether oxygens (including phenoxy) is 1. The zero-order valence-electron chi connectivity index (χ0n) is 29.8. The minimum atomic E-state index is -4.74. The van der Waals surface area contributed by atoms with Crippen molar-refractivity contribution < 1.29 is 148 Å². The summed E-state index contributed by atoms with van der Waals surface area (Å²) in [6.07, 6.45) is 8.46. The Morgan fingerprint density at radius 2 is 1.53 bits per heavy atom. The molecule has 3 heterocycles. The first-order valence-electron chi connectivity index (χ1n) is 15.5. The van der Waals surface area contributed by atoms with Gasteiger partial charge in [-0.15, -0.1) is 6.42 Å². The van der Waals surface area contributed by atoms with Gasteiger partial charge < -0.3 is 29.6 Å². The van der Waals surface area contributed by atoms with Gasteiger partial charge in [-0.3, -0.25) is 9.79 Å². The van der Waals surface area contributed by atoms with E-state index in [9.17, 15) is 40.6 Å². The smallest absolute Gasteiger partial charge is 0.748 e. The molecule has 0 fully saturated rings. The molecule has 3 N–H and O–H groups in total. The Morgan fingerprint density at radius 1 is 0.887 bits per heavy atom. The molecule has 0 aromatic heterocycles. The van der Waals surface area contributed by atoms with Crippen LogP contribution in [0.1, 0.15) is 70.7 Å². The number of aromatic carboxylic acids is 1. The first-order chi connectivity index (χ1) is 23.6. The molecular weight excluding hydrogens is 777 g/mol. The van der Waals surface area contributed by atoms with Crippen LogP contribution in [-0.2, 0) is 20.2 Å². The van der Waals surface area contributed by atoms with Crippen LogP contribution in [0, 0.1) is 12.3 Å². The van der Waals surface area contributed by atoms with Gasteiger partial charge in [0.25, 0.3) is 5.91 Å². The van der Waals surface area contributed by atoms with E-state index in [1.807, 2.05) is 0 Å². The molecule has 3 aromatic carbocycles. The van der Waals surface area contributed by atoms with Gasteiger partial charge in [0.05, 0.1) is 60.3 Å². The number of carboxylic acid groups (broad SMARTS) is 1. The standard InChI is InChI=1S/C36H33N3O10S2.2K/c1-6-9-37-33(40)19-7-8-22(25(10-19)34(41)42)32-26-11-23-20(17-50(43,44)45)15-35(2,3)38-28(23)13-30(26)49-31-14-29-24(12-27(31)32)21(18-51(46,47)48)16-36(4,5)39-29;;/h1,7-8,10-16,38H,9,17-18H2,2-5H3,(H,37,40)(H,41,42)(H,43,44,45)(H,46,47,48);;/q;2*+1/p-2. The summed E-state index contributed by atoms with van der Waals surface area (Å²) in [6, 6.07) is 10.4. The minimum absolute atomic E-state index is 0. The summed E-state index contributed by atoms with van der Waals surface area (Å²) in [6.45, 7) is 6.99. The second-order valence-electron chi connectivity index (χ2n) is 13.5. The van der Waals surface area contributed by atoms with Crippen LogP contribution in [0.25, 0.3) is 16.7 Å². The van der Waals surface area contributed by atoms with Crippen molar-refractivity contribution in [2.24, 2.45) is 4.99 Å². The van der Waals surface area contributed by atoms with E-state index in [0.29, 0.717) is 33.0 Å². The molecule has 0 aliphatic carbocycles. The largest absolute Gasteiger partial charge is 1.00 e. The van der Waals surface area contributed by atoms with Crippen LogP contribution in [0.5, 0.6) is 11.5 Å². The number of hydrogen-bond acceptors (Lipinski definition) is 11. The number of amides is 1. The molecule has 0 bridgehead atoms. The van der Waals surface area contributed by atoms with Gasteiger partial charge in [-0.2, -0.15) is 0 Å². The molecule has 0 saturated heterocycles. The number of benzene rings is 3. The van der Waals surface area contributed by atoms with E-state index in [0.717, 1.165) is 0 Å². The third-order valence-corrected chi connectivity index (χ3v) is 9.72. The molecule has 264 valence electrons. The summed E-state index contributed by atoms with van der Waals surface area (Å²) in [5.41, 5.74) is 0.305. The molecule has 3 aromatic rings. The molecule has 0 radical (unpaired) electrons. The molecule has 3 aliphatic heterocycles. The summed E-state index contributed by atoms with van der Waals surface area (Å²) < 4.78 is 78.5. The van der Waals surface area contributed by atoms with Crippen molar-refractivity contribution in [2.45, 2.75) is 38.8 Å². The molecule has 0 unspecified atom stereocenters. The number of nitrogens with one attached hydrogen (secondary N) is 2. The quantitative estimate of drug-likeness (QED) is 0.0906. The Bertz CT molecular complexity index is 2560. The number of fused-ring (bicyclic) bond motifs is 4. The SMILES string of the molecule is C#CCNC(=O)c1ccc(C2=c3cc4c(cc3Oc3cc5c(cc32)C(CS(=O)(=O)[O-])=CC(C)(C)N5)=NC(C)(C)C=C4CS(=O)(=O)[O-])c(C(=O)O)c1.[K+].[K+]. The van der Waals surface area contributed by atoms with Crippen molar-refractivity contribution in [3.63, 3.8) is 0 Å². The van der Waals surface area contributed by atoms with Gasteiger partial charge in [0, 0.05) is 50.9 Å². The molecule has 0 spiro atoms. The molecule has 13 nitrogen and oxygen atoms in total. The normalized spacial score (nSPS) is 16.0. The van der Waals surface area contributed by atoms with E-state index in [1.165, 1.54) is 18.2 Å². The van der Waals surface area contributed by atoms with Gasteiger partial charge in [-0.05, 0) is 68.7 Å². The summed E-state index contributed by atoms with van der Waals surface area (Å²) in [4.78, 5) is 30.4. The van der Waals surface area contributed by atoms with Crippen molar-refractivity contribution >= 4 is 54.5 Å². The Balaban J connectivity index is 0.00000314. The Kier molecular flexibility index (Phi) is 13.1. The Hall–Kier alpha value is -2.00.